The van der Waals surface area contributed by atoms with E-state index >= 15 is 0 Å². The molecule has 0 heterocycles. The number of benzene rings is 2. The topological polar surface area (TPSA) is 213 Å². The molecule has 2 aromatic carbocycles. The molecule has 2 aromatic rings. The van der Waals surface area contributed by atoms with Crippen molar-refractivity contribution >= 4 is 55.9 Å². The summed E-state index contributed by atoms with van der Waals surface area (Å²) < 4.78 is 53.8. The molecule has 4 N–H and O–H groups in total. The number of aryl methyl sites for hydroxylation is 2. The summed E-state index contributed by atoms with van der Waals surface area (Å²) in [6.07, 6.45) is 9.93. The van der Waals surface area contributed by atoms with Crippen molar-refractivity contribution in [2.75, 3.05) is 38.2 Å². The van der Waals surface area contributed by atoms with E-state index in [1.165, 1.54) is 32.3 Å². The van der Waals surface area contributed by atoms with Crippen molar-refractivity contribution in [2.24, 2.45) is 16.6 Å². The first kappa shape index (κ1) is 53.5. The van der Waals surface area contributed by atoms with Crippen LogP contribution >= 0.6 is 12.4 Å². The van der Waals surface area contributed by atoms with Crippen molar-refractivity contribution in [2.45, 2.75) is 110 Å². The van der Waals surface area contributed by atoms with Crippen molar-refractivity contribution in [3.63, 3.8) is 0 Å². The molecule has 2 atom stereocenters. The van der Waals surface area contributed by atoms with E-state index in [-0.39, 0.29) is 43.2 Å². The molecule has 13 nitrogen and oxygen atoms in total. The van der Waals surface area contributed by atoms with Crippen LogP contribution in [-0.4, -0.2) is 96.1 Å². The van der Waals surface area contributed by atoms with Crippen LogP contribution < -0.4 is 11.1 Å². The molecule has 2 unspecified atom stereocenters. The maximum atomic E-state index is 12.9. The second-order valence-electron chi connectivity index (χ2n) is 15.1. The Balaban J connectivity index is 0.000000887. The quantitative estimate of drug-likeness (QED) is 0.172. The summed E-state index contributed by atoms with van der Waals surface area (Å²) in [5.41, 5.74) is 8.76. The van der Waals surface area contributed by atoms with Gasteiger partial charge < -0.3 is 25.6 Å². The van der Waals surface area contributed by atoms with Crippen LogP contribution in [0.1, 0.15) is 93.9 Å². The van der Waals surface area contributed by atoms with E-state index in [4.69, 9.17) is 15.6 Å². The van der Waals surface area contributed by atoms with Crippen molar-refractivity contribution in [1.29, 1.82) is 0 Å². The molecule has 0 saturated heterocycles. The molecular weight excluding hydrogens is 796 g/mol. The van der Waals surface area contributed by atoms with Crippen molar-refractivity contribution in [3.8, 4) is 0 Å². The summed E-state index contributed by atoms with van der Waals surface area (Å²) in [4.78, 5) is 47.0. The van der Waals surface area contributed by atoms with Gasteiger partial charge in [0.1, 0.15) is 31.8 Å². The number of carboxylic acids is 1. The smallest absolute Gasteiger partial charge is 0.328 e. The lowest BCUT2D eigenvalue weighted by Crippen LogP contribution is -2.52. The molecule has 4 rings (SSSR count). The van der Waals surface area contributed by atoms with E-state index in [9.17, 15) is 36.0 Å². The van der Waals surface area contributed by atoms with Crippen LogP contribution in [0.15, 0.2) is 48.5 Å². The zero-order valence-electron chi connectivity index (χ0n) is 33.5. The van der Waals surface area contributed by atoms with E-state index in [1.54, 1.807) is 0 Å². The Labute approximate surface area is 346 Å². The molecule has 0 spiro atoms. The summed E-state index contributed by atoms with van der Waals surface area (Å²) in [5, 5.41) is 11.8. The lowest BCUT2D eigenvalue weighted by Gasteiger charge is -2.41. The zero-order valence-corrected chi connectivity index (χ0v) is 36.0. The molecule has 0 radical (unpaired) electrons. The third-order valence-electron chi connectivity index (χ3n) is 10.3. The minimum Gasteiger partial charge on any atom is -0.481 e. The predicted molar refractivity (Wildman–Crippen MR) is 226 cm³/mol. The lowest BCUT2D eigenvalue weighted by atomic mass is 9.65. The number of hydrogen-bond acceptors (Lipinski definition) is 11. The molecule has 1 amide bonds. The molecular formula is C41H65ClN2O11S2. The molecule has 2 aliphatic rings. The van der Waals surface area contributed by atoms with Gasteiger partial charge in [-0.25, -0.2) is 21.6 Å². The number of methoxy groups -OCH3 is 2. The number of sulfone groups is 2. The van der Waals surface area contributed by atoms with Crippen LogP contribution in [0.2, 0.25) is 0 Å². The van der Waals surface area contributed by atoms with Crippen LogP contribution in [-0.2, 0) is 61.2 Å². The van der Waals surface area contributed by atoms with Gasteiger partial charge in [-0.1, -0.05) is 79.9 Å². The Morgan fingerprint density at radius 2 is 1.11 bits per heavy atom. The zero-order chi connectivity index (χ0) is 41.5. The van der Waals surface area contributed by atoms with Gasteiger partial charge in [-0.2, -0.15) is 0 Å². The summed E-state index contributed by atoms with van der Waals surface area (Å²) in [5.74, 6) is -1.62. The predicted octanol–water partition coefficient (Wildman–Crippen LogP) is 5.35. The number of esters is 2. The van der Waals surface area contributed by atoms with E-state index in [0.717, 1.165) is 42.4 Å². The number of nitrogens with two attached hydrogens (primary N) is 1. The van der Waals surface area contributed by atoms with Gasteiger partial charge in [0.05, 0.1) is 19.6 Å². The summed E-state index contributed by atoms with van der Waals surface area (Å²) in [6.45, 7) is 4.00. The van der Waals surface area contributed by atoms with Crippen LogP contribution in [0.5, 0.6) is 0 Å². The third-order valence-corrected chi connectivity index (χ3v) is 12.4. The van der Waals surface area contributed by atoms with E-state index in [1.807, 2.05) is 62.4 Å². The Morgan fingerprint density at radius 1 is 0.719 bits per heavy atom. The van der Waals surface area contributed by atoms with Gasteiger partial charge in [0.25, 0.3) is 0 Å². The number of aliphatic carboxylic acids is 1. The molecule has 0 aromatic heterocycles. The van der Waals surface area contributed by atoms with Crippen LogP contribution in [0.4, 0.5) is 0 Å². The minimum absolute atomic E-state index is 0. The number of ether oxygens (including phenoxy) is 2. The first-order valence-electron chi connectivity index (χ1n) is 18.6. The Hall–Kier alpha value is -3.53. The summed E-state index contributed by atoms with van der Waals surface area (Å²) in [7, 11) is -3.34. The monoisotopic (exact) mass is 860 g/mol. The molecule has 324 valence electrons. The molecule has 2 fully saturated rings. The summed E-state index contributed by atoms with van der Waals surface area (Å²) in [6, 6.07) is 14.4. The second kappa shape index (κ2) is 24.4. The first-order valence-corrected chi connectivity index (χ1v) is 22.7. The van der Waals surface area contributed by atoms with E-state index < -0.39 is 54.5 Å². The van der Waals surface area contributed by atoms with Crippen molar-refractivity contribution < 1.29 is 50.6 Å². The molecule has 57 heavy (non-hydrogen) atoms. The lowest BCUT2D eigenvalue weighted by molar-refractivity contribution is -0.155. The van der Waals surface area contributed by atoms with Gasteiger partial charge in [-0.05, 0) is 82.8 Å². The SMILES string of the molecule is C.COC(=O)C(Cc1ccc(C)cc1)NC(=O)C1(CCCS(C)(=O)=O)CCC1.COC(=O)C(N)Cc1ccc(C)cc1.CS(=O)(=O)CCCC1(C(=O)O)CCC1.Cl. The average Bonchev–Trinajstić information content (AvgIpc) is 3.07. The van der Waals surface area contributed by atoms with Gasteiger partial charge in [0, 0.05) is 35.9 Å². The minimum atomic E-state index is -3.05. The number of nitrogens with one attached hydrogen (secondary N) is 1. The highest BCUT2D eigenvalue weighted by molar-refractivity contribution is 7.90. The maximum Gasteiger partial charge on any atom is 0.328 e. The molecule has 16 heteroatoms. The Bertz CT molecular complexity index is 1790. The first-order chi connectivity index (χ1) is 25.6. The highest BCUT2D eigenvalue weighted by atomic mass is 35.5. The average molecular weight is 862 g/mol. The number of halogens is 1. The largest absolute Gasteiger partial charge is 0.481 e. The maximum absolute atomic E-state index is 12.9. The van der Waals surface area contributed by atoms with Gasteiger partial charge >= 0.3 is 17.9 Å². The highest BCUT2D eigenvalue weighted by Crippen LogP contribution is 2.46. The van der Waals surface area contributed by atoms with Crippen molar-refractivity contribution in [1.82, 2.24) is 5.32 Å². The number of hydrogen-bond donors (Lipinski definition) is 3. The Morgan fingerprint density at radius 3 is 1.44 bits per heavy atom. The van der Waals surface area contributed by atoms with Gasteiger partial charge in [0.15, 0.2) is 0 Å². The third kappa shape index (κ3) is 18.7. The molecule has 2 saturated carbocycles. The second-order valence-corrected chi connectivity index (χ2v) is 19.6. The number of rotatable bonds is 17. The van der Waals surface area contributed by atoms with Crippen molar-refractivity contribution in [3.05, 3.63) is 70.8 Å². The number of carbonyl (C=O) groups excluding carboxylic acids is 3. The fourth-order valence-corrected chi connectivity index (χ4v) is 7.87. The Kier molecular flexibility index (Phi) is 22.9. The van der Waals surface area contributed by atoms with Crippen LogP contribution in [0.3, 0.4) is 0 Å². The van der Waals surface area contributed by atoms with E-state index in [0.29, 0.717) is 51.4 Å². The fraction of sp³-hybridized carbons (Fsp3) is 0.610. The standard InChI is InChI=1S/C20H29NO5S.C11H15NO2.C9H16O4S.CH4.ClH/c1-15-6-8-16(9-7-15)14-17(18(22)26-2)21-19(23)20(10-4-11-20)12-5-13-27(3,24)25;1-8-3-5-9(6-4-8)7-10(12)11(13)14-2;1-14(12,13)7-3-6-9(8(10)11)4-2-5-9;;/h6-9,17H,4-5,10-14H2,1-3H3,(H,21,23);3-6,10H,7,12H2,1-2H3;2-7H2,1H3,(H,10,11);1H4;1H. The molecule has 0 bridgehead atoms. The molecule has 2 aliphatic carbocycles. The summed E-state index contributed by atoms with van der Waals surface area (Å²) >= 11 is 0. The van der Waals surface area contributed by atoms with E-state index in [2.05, 4.69) is 10.1 Å². The van der Waals surface area contributed by atoms with Gasteiger partial charge in [-0.3, -0.25) is 14.4 Å². The highest BCUT2D eigenvalue weighted by Gasteiger charge is 2.45. The number of carboxylic acid groups (broad SMARTS) is 1. The van der Waals surface area contributed by atoms with Crippen LogP contribution in [0.25, 0.3) is 0 Å². The number of amides is 1. The molecule has 0 aliphatic heterocycles. The fourth-order valence-electron chi connectivity index (χ4n) is 6.53. The number of carbonyl (C=O) groups is 4. The van der Waals surface area contributed by atoms with Gasteiger partial charge in [0.2, 0.25) is 5.91 Å². The van der Waals surface area contributed by atoms with Gasteiger partial charge in [-0.15, -0.1) is 12.4 Å². The normalized spacial score (nSPS) is 15.9. The van der Waals surface area contributed by atoms with Crippen LogP contribution in [0, 0.1) is 24.7 Å².